The molecule has 0 aliphatic rings. The molecule has 5 nitrogen and oxygen atoms in total. The third kappa shape index (κ3) is 3.60. The Morgan fingerprint density at radius 3 is 2.57 bits per heavy atom. The van der Waals surface area contributed by atoms with Crippen LogP contribution < -0.4 is 10.0 Å². The maximum Gasteiger partial charge on any atom is 0.263 e. The van der Waals surface area contributed by atoms with Crippen LogP contribution in [0, 0.1) is 0 Å². The second-order valence-electron chi connectivity index (χ2n) is 3.96. The molecule has 0 bridgehead atoms. The molecule has 0 unspecified atom stereocenters. The van der Waals surface area contributed by atoms with E-state index < -0.39 is 10.0 Å². The lowest BCUT2D eigenvalue weighted by Gasteiger charge is -2.11. The van der Waals surface area contributed by atoms with Crippen molar-refractivity contribution < 1.29 is 8.42 Å². The summed E-state index contributed by atoms with van der Waals surface area (Å²) in [5.74, 6) is 0.402. The maximum atomic E-state index is 12.3. The third-order valence-corrected chi connectivity index (χ3v) is 5.58. The highest BCUT2D eigenvalue weighted by molar-refractivity contribution is 9.10. The molecule has 0 spiro atoms. The minimum absolute atomic E-state index is 0.0432. The molecule has 9 heteroatoms. The Morgan fingerprint density at radius 1 is 1.24 bits per heavy atom. The molecule has 2 rings (SSSR count). The molecule has 0 saturated carbocycles. The van der Waals surface area contributed by atoms with Crippen LogP contribution in [0.2, 0.25) is 10.0 Å². The van der Waals surface area contributed by atoms with Crippen LogP contribution >= 0.6 is 39.1 Å². The molecule has 2 aromatic rings. The quantitative estimate of drug-likeness (QED) is 0.799. The number of benzene rings is 1. The van der Waals surface area contributed by atoms with Crippen molar-refractivity contribution in [3.05, 3.63) is 45.0 Å². The lowest BCUT2D eigenvalue weighted by atomic mass is 10.3. The number of rotatable bonds is 4. The maximum absolute atomic E-state index is 12.3. The monoisotopic (exact) mass is 409 g/mol. The summed E-state index contributed by atoms with van der Waals surface area (Å²) in [7, 11) is -2.17. The highest BCUT2D eigenvalue weighted by Gasteiger charge is 2.18. The van der Waals surface area contributed by atoms with E-state index in [9.17, 15) is 8.42 Å². The molecule has 0 aliphatic carbocycles. The summed E-state index contributed by atoms with van der Waals surface area (Å²) in [6.45, 7) is 0. The highest BCUT2D eigenvalue weighted by Crippen LogP contribution is 2.32. The van der Waals surface area contributed by atoms with Crippen molar-refractivity contribution in [3.8, 4) is 0 Å². The zero-order chi connectivity index (χ0) is 15.6. The van der Waals surface area contributed by atoms with Crippen LogP contribution in [0.3, 0.4) is 0 Å². The normalized spacial score (nSPS) is 11.2. The highest BCUT2D eigenvalue weighted by atomic mass is 79.9. The zero-order valence-electron chi connectivity index (χ0n) is 10.7. The van der Waals surface area contributed by atoms with Crippen molar-refractivity contribution in [3.63, 3.8) is 0 Å². The fourth-order valence-corrected chi connectivity index (χ4v) is 3.57. The van der Waals surface area contributed by atoms with E-state index in [0.29, 0.717) is 21.0 Å². The van der Waals surface area contributed by atoms with Crippen molar-refractivity contribution >= 4 is 60.7 Å². The number of nitrogens with zero attached hydrogens (tertiary/aromatic N) is 1. The Morgan fingerprint density at radius 2 is 1.95 bits per heavy atom. The first kappa shape index (κ1) is 16.4. The van der Waals surface area contributed by atoms with Gasteiger partial charge in [0.05, 0.1) is 20.2 Å². The largest absolute Gasteiger partial charge is 0.372 e. The Bertz CT molecular complexity index is 784. The van der Waals surface area contributed by atoms with Crippen LogP contribution in [0.4, 0.5) is 11.5 Å². The van der Waals surface area contributed by atoms with E-state index in [1.54, 1.807) is 25.2 Å². The summed E-state index contributed by atoms with van der Waals surface area (Å²) >= 11 is 15.1. The molecule has 0 radical (unpaired) electrons. The summed E-state index contributed by atoms with van der Waals surface area (Å²) in [6, 6.07) is 6.19. The number of halogens is 3. The van der Waals surface area contributed by atoms with Gasteiger partial charge in [0.15, 0.2) is 0 Å². The van der Waals surface area contributed by atoms with Crippen LogP contribution in [0.25, 0.3) is 0 Å². The smallest absolute Gasteiger partial charge is 0.263 e. The molecule has 112 valence electrons. The average molecular weight is 411 g/mol. The number of hydrogen-bond acceptors (Lipinski definition) is 4. The third-order valence-electron chi connectivity index (χ3n) is 2.56. The van der Waals surface area contributed by atoms with Gasteiger partial charge in [-0.2, -0.15) is 0 Å². The molecule has 1 aromatic carbocycles. The van der Waals surface area contributed by atoms with Gasteiger partial charge < -0.3 is 5.32 Å². The lowest BCUT2D eigenvalue weighted by Crippen LogP contribution is -2.14. The van der Waals surface area contributed by atoms with Crippen molar-refractivity contribution in [1.29, 1.82) is 0 Å². The molecule has 0 amide bonds. The van der Waals surface area contributed by atoms with Gasteiger partial charge in [0.2, 0.25) is 0 Å². The SMILES string of the molecule is CNc1ncc(S(=O)(=O)Nc2cccc(Cl)c2Br)cc1Cl. The first-order valence-electron chi connectivity index (χ1n) is 5.65. The van der Waals surface area contributed by atoms with Crippen LogP contribution in [-0.4, -0.2) is 20.4 Å². The zero-order valence-corrected chi connectivity index (χ0v) is 14.6. The molecule has 21 heavy (non-hydrogen) atoms. The first-order chi connectivity index (χ1) is 9.85. The molecule has 0 atom stereocenters. The first-order valence-corrected chi connectivity index (χ1v) is 8.68. The second-order valence-corrected chi connectivity index (χ2v) is 7.25. The molecule has 0 saturated heterocycles. The Kier molecular flexibility index (Phi) is 4.98. The second kappa shape index (κ2) is 6.39. The van der Waals surface area contributed by atoms with Gasteiger partial charge in [-0.25, -0.2) is 13.4 Å². The van der Waals surface area contributed by atoms with Crippen molar-refractivity contribution in [2.24, 2.45) is 0 Å². The van der Waals surface area contributed by atoms with Gasteiger partial charge in [-0.1, -0.05) is 29.3 Å². The van der Waals surface area contributed by atoms with Crippen LogP contribution in [0.1, 0.15) is 0 Å². The molecular weight excluding hydrogens is 401 g/mol. The van der Waals surface area contributed by atoms with Gasteiger partial charge in [-0.3, -0.25) is 4.72 Å². The average Bonchev–Trinajstić information content (AvgIpc) is 2.43. The number of aromatic nitrogens is 1. The van der Waals surface area contributed by atoms with Crippen LogP contribution in [0.15, 0.2) is 39.8 Å². The van der Waals surface area contributed by atoms with Gasteiger partial charge in [-0.05, 0) is 34.1 Å². The van der Waals surface area contributed by atoms with Gasteiger partial charge in [0, 0.05) is 13.2 Å². The Hall–Kier alpha value is -1.02. The summed E-state index contributed by atoms with van der Waals surface area (Å²) in [5.41, 5.74) is 0.330. The number of anilines is 2. The molecule has 1 heterocycles. The molecule has 2 N–H and O–H groups in total. The van der Waals surface area contributed by atoms with Crippen molar-refractivity contribution in [1.82, 2.24) is 4.98 Å². The minimum atomic E-state index is -3.81. The van der Waals surface area contributed by atoms with Crippen LogP contribution in [-0.2, 0) is 10.0 Å². The van der Waals surface area contributed by atoms with E-state index in [-0.39, 0.29) is 9.92 Å². The van der Waals surface area contributed by atoms with Crippen molar-refractivity contribution in [2.75, 3.05) is 17.1 Å². The number of pyridine rings is 1. The van der Waals surface area contributed by atoms with E-state index in [0.717, 1.165) is 0 Å². The minimum Gasteiger partial charge on any atom is -0.372 e. The van der Waals surface area contributed by atoms with E-state index in [2.05, 4.69) is 31.0 Å². The predicted molar refractivity (Wildman–Crippen MR) is 88.8 cm³/mol. The van der Waals surface area contributed by atoms with Crippen molar-refractivity contribution in [2.45, 2.75) is 4.90 Å². The Labute approximate surface area is 140 Å². The summed E-state index contributed by atoms with van der Waals surface area (Å²) in [4.78, 5) is 3.90. The van der Waals surface area contributed by atoms with Gasteiger partial charge in [-0.15, -0.1) is 0 Å². The number of sulfonamides is 1. The molecule has 0 aliphatic heterocycles. The lowest BCUT2D eigenvalue weighted by molar-refractivity contribution is 0.601. The van der Waals surface area contributed by atoms with Gasteiger partial charge >= 0.3 is 0 Å². The van der Waals surface area contributed by atoms with E-state index >= 15 is 0 Å². The van der Waals surface area contributed by atoms with E-state index in [1.807, 2.05) is 0 Å². The predicted octanol–water partition coefficient (Wildman–Crippen LogP) is 3.99. The number of nitrogens with one attached hydrogen (secondary N) is 2. The van der Waals surface area contributed by atoms with E-state index in [1.165, 1.54) is 12.3 Å². The Balaban J connectivity index is 2.39. The number of hydrogen-bond donors (Lipinski definition) is 2. The summed E-state index contributed by atoms with van der Waals surface area (Å²) in [5, 5.41) is 3.37. The summed E-state index contributed by atoms with van der Waals surface area (Å²) < 4.78 is 27.5. The standard InChI is InChI=1S/C12H10BrCl2N3O2S/c1-16-12-9(15)5-7(6-17-12)21(19,20)18-10-4-2-3-8(14)11(10)13/h2-6,18H,1H3,(H,16,17). The fourth-order valence-electron chi connectivity index (χ4n) is 1.54. The topological polar surface area (TPSA) is 71.1 Å². The summed E-state index contributed by atoms with van der Waals surface area (Å²) in [6.07, 6.45) is 1.22. The molecule has 0 fully saturated rings. The van der Waals surface area contributed by atoms with Gasteiger partial charge in [0.1, 0.15) is 10.7 Å². The van der Waals surface area contributed by atoms with E-state index in [4.69, 9.17) is 23.2 Å². The van der Waals surface area contributed by atoms with Gasteiger partial charge in [0.25, 0.3) is 10.0 Å². The molecular formula is C12H10BrCl2N3O2S. The van der Waals surface area contributed by atoms with Crippen LogP contribution in [0.5, 0.6) is 0 Å². The fraction of sp³-hybridized carbons (Fsp3) is 0.0833. The molecule has 1 aromatic heterocycles.